The van der Waals surface area contributed by atoms with Gasteiger partial charge in [-0.3, -0.25) is 9.67 Å². The molecule has 1 fully saturated rings. The summed E-state index contributed by atoms with van der Waals surface area (Å²) in [5.41, 5.74) is 4.16. The summed E-state index contributed by atoms with van der Waals surface area (Å²) in [6.45, 7) is 6.71. The molecule has 3 rings (SSSR count). The second-order valence-corrected chi connectivity index (χ2v) is 6.75. The van der Waals surface area contributed by atoms with E-state index in [4.69, 9.17) is 4.74 Å². The Kier molecular flexibility index (Phi) is 5.56. The maximum Gasteiger partial charge on any atom is 0.315 e. The molecule has 2 N–H and O–H groups in total. The fourth-order valence-electron chi connectivity index (χ4n) is 3.66. The van der Waals surface area contributed by atoms with Gasteiger partial charge in [-0.1, -0.05) is 6.92 Å². The van der Waals surface area contributed by atoms with Crippen molar-refractivity contribution in [1.82, 2.24) is 25.4 Å². The maximum absolute atomic E-state index is 12.6. The molecule has 1 unspecified atom stereocenters. The number of carbonyl (C=O) groups excluding carboxylic acids is 1. The first-order valence-corrected chi connectivity index (χ1v) is 9.09. The molecule has 0 bridgehead atoms. The summed E-state index contributed by atoms with van der Waals surface area (Å²) < 4.78 is 7.68. The minimum atomic E-state index is -0.172. The van der Waals surface area contributed by atoms with Crippen LogP contribution in [0.4, 0.5) is 4.79 Å². The molecule has 1 saturated heterocycles. The Hall–Kier alpha value is -2.41. The van der Waals surface area contributed by atoms with Crippen LogP contribution in [-0.2, 0) is 11.8 Å². The van der Waals surface area contributed by atoms with Crippen LogP contribution in [0.5, 0.6) is 0 Å². The lowest BCUT2D eigenvalue weighted by Gasteiger charge is -2.23. The molecule has 1 aliphatic heterocycles. The predicted octanol–water partition coefficient (Wildman–Crippen LogP) is 2.71. The first-order chi connectivity index (χ1) is 12.5. The number of aromatic nitrogens is 3. The van der Waals surface area contributed by atoms with Gasteiger partial charge in [-0.05, 0) is 44.4 Å². The number of nitrogens with one attached hydrogen (secondary N) is 2. The summed E-state index contributed by atoms with van der Waals surface area (Å²) in [6, 6.07) is 3.57. The molecule has 3 heterocycles. The number of nitrogens with zero attached hydrogens (tertiary/aromatic N) is 3. The number of urea groups is 1. The molecule has 0 saturated carbocycles. The molecule has 1 aliphatic rings. The number of rotatable bonds is 5. The third kappa shape index (κ3) is 3.72. The number of carbonyl (C=O) groups is 1. The van der Waals surface area contributed by atoms with E-state index in [1.165, 1.54) is 0 Å². The van der Waals surface area contributed by atoms with E-state index in [0.29, 0.717) is 6.61 Å². The average molecular weight is 357 g/mol. The largest absolute Gasteiger partial charge is 0.371 e. The molecule has 0 aliphatic carbocycles. The molecular weight excluding hydrogens is 330 g/mol. The van der Waals surface area contributed by atoms with E-state index >= 15 is 0 Å². The van der Waals surface area contributed by atoms with Gasteiger partial charge in [-0.15, -0.1) is 0 Å². The van der Waals surface area contributed by atoms with E-state index in [-0.39, 0.29) is 24.2 Å². The van der Waals surface area contributed by atoms with Crippen molar-refractivity contribution in [3.63, 3.8) is 0 Å². The van der Waals surface area contributed by atoms with Crippen molar-refractivity contribution in [2.24, 2.45) is 7.05 Å². The molecule has 2 aromatic heterocycles. The van der Waals surface area contributed by atoms with Gasteiger partial charge in [-0.2, -0.15) is 5.10 Å². The van der Waals surface area contributed by atoms with E-state index in [9.17, 15) is 4.79 Å². The summed E-state index contributed by atoms with van der Waals surface area (Å²) in [6.07, 6.45) is 4.95. The SMILES string of the molecule is CCC(NC(=O)N[C@@H]1CCO[C@H]1c1ccncc1)c1c(C)nn(C)c1C. The lowest BCUT2D eigenvalue weighted by Crippen LogP contribution is -2.44. The van der Waals surface area contributed by atoms with E-state index < -0.39 is 0 Å². The third-order valence-electron chi connectivity index (χ3n) is 5.07. The van der Waals surface area contributed by atoms with Gasteiger partial charge in [0.1, 0.15) is 6.10 Å². The Morgan fingerprint density at radius 2 is 2.12 bits per heavy atom. The molecule has 3 atom stereocenters. The standard InChI is InChI=1S/C19H27N5O2/c1-5-15(17-12(2)23-24(4)13(17)3)21-19(25)22-16-8-11-26-18(16)14-6-9-20-10-7-14/h6-7,9-10,15-16,18H,5,8,11H2,1-4H3,(H2,21,22,25)/t15?,16-,18+/m1/s1. The van der Waals surface area contributed by atoms with Crippen LogP contribution in [0.15, 0.2) is 24.5 Å². The van der Waals surface area contributed by atoms with Crippen molar-refractivity contribution in [3.8, 4) is 0 Å². The number of pyridine rings is 1. The van der Waals surface area contributed by atoms with Gasteiger partial charge in [0.05, 0.1) is 17.8 Å². The van der Waals surface area contributed by atoms with Gasteiger partial charge in [0, 0.05) is 37.3 Å². The highest BCUT2D eigenvalue weighted by atomic mass is 16.5. The number of amides is 2. The van der Waals surface area contributed by atoms with Crippen LogP contribution in [0.1, 0.15) is 54.4 Å². The fourth-order valence-corrected chi connectivity index (χ4v) is 3.66. The summed E-state index contributed by atoms with van der Waals surface area (Å²) in [4.78, 5) is 16.7. The van der Waals surface area contributed by atoms with Gasteiger partial charge in [-0.25, -0.2) is 4.79 Å². The molecule has 7 heteroatoms. The Bertz CT molecular complexity index is 759. The van der Waals surface area contributed by atoms with Crippen molar-refractivity contribution in [2.75, 3.05) is 6.61 Å². The second kappa shape index (κ2) is 7.86. The van der Waals surface area contributed by atoms with Crippen LogP contribution in [0.2, 0.25) is 0 Å². The maximum atomic E-state index is 12.6. The zero-order valence-corrected chi connectivity index (χ0v) is 15.8. The van der Waals surface area contributed by atoms with E-state index in [0.717, 1.165) is 35.4 Å². The van der Waals surface area contributed by atoms with Crippen molar-refractivity contribution >= 4 is 6.03 Å². The predicted molar refractivity (Wildman–Crippen MR) is 98.7 cm³/mol. The van der Waals surface area contributed by atoms with Crippen LogP contribution in [-0.4, -0.2) is 33.4 Å². The monoisotopic (exact) mass is 357 g/mol. The molecule has 26 heavy (non-hydrogen) atoms. The van der Waals surface area contributed by atoms with Crippen LogP contribution < -0.4 is 10.6 Å². The summed E-state index contributed by atoms with van der Waals surface area (Å²) in [7, 11) is 1.92. The number of ether oxygens (including phenoxy) is 1. The summed E-state index contributed by atoms with van der Waals surface area (Å²) in [5, 5.41) is 10.7. The zero-order chi connectivity index (χ0) is 18.7. The Morgan fingerprint density at radius 3 is 2.73 bits per heavy atom. The zero-order valence-electron chi connectivity index (χ0n) is 15.8. The Balaban J connectivity index is 1.67. The number of aryl methyl sites for hydroxylation is 2. The molecular formula is C19H27N5O2. The Labute approximate surface area is 154 Å². The van der Waals surface area contributed by atoms with Crippen LogP contribution in [0.25, 0.3) is 0 Å². The minimum absolute atomic E-state index is 0.0500. The average Bonchev–Trinajstić information content (AvgIpc) is 3.18. The van der Waals surface area contributed by atoms with Crippen molar-refractivity contribution in [1.29, 1.82) is 0 Å². The van der Waals surface area contributed by atoms with E-state index in [1.807, 2.05) is 37.7 Å². The minimum Gasteiger partial charge on any atom is -0.371 e. The summed E-state index contributed by atoms with van der Waals surface area (Å²) in [5.74, 6) is 0. The fraction of sp³-hybridized carbons (Fsp3) is 0.526. The van der Waals surface area contributed by atoms with E-state index in [2.05, 4.69) is 27.6 Å². The molecule has 2 aromatic rings. The van der Waals surface area contributed by atoms with Crippen molar-refractivity contribution in [2.45, 2.75) is 51.8 Å². The molecule has 2 amide bonds. The molecule has 140 valence electrons. The first-order valence-electron chi connectivity index (χ1n) is 9.09. The highest BCUT2D eigenvalue weighted by Gasteiger charge is 2.31. The topological polar surface area (TPSA) is 81.1 Å². The van der Waals surface area contributed by atoms with Crippen molar-refractivity contribution in [3.05, 3.63) is 47.0 Å². The highest BCUT2D eigenvalue weighted by Crippen LogP contribution is 2.29. The second-order valence-electron chi connectivity index (χ2n) is 6.75. The van der Waals surface area contributed by atoms with Gasteiger partial charge in [0.2, 0.25) is 0 Å². The van der Waals surface area contributed by atoms with E-state index in [1.54, 1.807) is 12.4 Å². The molecule has 7 nitrogen and oxygen atoms in total. The lowest BCUT2D eigenvalue weighted by atomic mass is 10.0. The van der Waals surface area contributed by atoms with Crippen LogP contribution in [0, 0.1) is 13.8 Å². The quantitative estimate of drug-likeness (QED) is 0.862. The Morgan fingerprint density at radius 1 is 1.38 bits per heavy atom. The molecule has 0 spiro atoms. The van der Waals surface area contributed by atoms with Gasteiger partial charge in [0.15, 0.2) is 0 Å². The van der Waals surface area contributed by atoms with Crippen molar-refractivity contribution < 1.29 is 9.53 Å². The van der Waals surface area contributed by atoms with Gasteiger partial charge < -0.3 is 15.4 Å². The van der Waals surface area contributed by atoms with Crippen LogP contribution >= 0.6 is 0 Å². The third-order valence-corrected chi connectivity index (χ3v) is 5.07. The lowest BCUT2D eigenvalue weighted by molar-refractivity contribution is 0.0997. The first kappa shape index (κ1) is 18.4. The number of hydrogen-bond donors (Lipinski definition) is 2. The molecule has 0 aromatic carbocycles. The van der Waals surface area contributed by atoms with Crippen LogP contribution in [0.3, 0.4) is 0 Å². The van der Waals surface area contributed by atoms with Gasteiger partial charge in [0.25, 0.3) is 0 Å². The smallest absolute Gasteiger partial charge is 0.315 e. The normalized spacial score (nSPS) is 20.8. The summed E-state index contributed by atoms with van der Waals surface area (Å²) >= 11 is 0. The highest BCUT2D eigenvalue weighted by molar-refractivity contribution is 5.75. The van der Waals surface area contributed by atoms with Gasteiger partial charge >= 0.3 is 6.03 Å². The molecule has 0 radical (unpaired) electrons. The number of hydrogen-bond acceptors (Lipinski definition) is 4.